The SMILES string of the molecule is C.C.C=CC(=O)N[C@H]1C[N+]2(CCCC)CCC1CC2. The van der Waals surface area contributed by atoms with E-state index in [0.29, 0.717) is 12.0 Å². The summed E-state index contributed by atoms with van der Waals surface area (Å²) in [5.41, 5.74) is 0. The molecule has 0 aromatic heterocycles. The molecule has 0 radical (unpaired) electrons. The molecule has 3 nitrogen and oxygen atoms in total. The van der Waals surface area contributed by atoms with Crippen LogP contribution >= 0.6 is 0 Å². The van der Waals surface area contributed by atoms with Gasteiger partial charge in [0.1, 0.15) is 0 Å². The van der Waals surface area contributed by atoms with Crippen molar-refractivity contribution in [2.75, 3.05) is 26.2 Å². The number of carbonyl (C=O) groups is 1. The number of hydrogen-bond acceptors (Lipinski definition) is 1. The number of nitrogens with zero attached hydrogens (tertiary/aromatic N) is 1. The molecule has 0 aromatic carbocycles. The molecule has 3 fully saturated rings. The molecule has 19 heavy (non-hydrogen) atoms. The molecular formula is C16H33N2O+. The van der Waals surface area contributed by atoms with Crippen LogP contribution in [0.4, 0.5) is 0 Å². The van der Waals surface area contributed by atoms with Crippen molar-refractivity contribution in [1.82, 2.24) is 5.32 Å². The Kier molecular flexibility index (Phi) is 7.35. The zero-order valence-electron chi connectivity index (χ0n) is 11.0. The highest BCUT2D eigenvalue weighted by Crippen LogP contribution is 2.34. The second kappa shape index (κ2) is 7.68. The number of rotatable bonds is 5. The van der Waals surface area contributed by atoms with Crippen molar-refractivity contribution >= 4 is 5.91 Å². The maximum atomic E-state index is 11.4. The first-order chi connectivity index (χ1) is 8.19. The van der Waals surface area contributed by atoms with Crippen LogP contribution in [0.5, 0.6) is 0 Å². The van der Waals surface area contributed by atoms with E-state index in [4.69, 9.17) is 0 Å². The summed E-state index contributed by atoms with van der Waals surface area (Å²) in [6.07, 6.45) is 6.55. The molecule has 0 aromatic rings. The third-order valence-corrected chi connectivity index (χ3v) is 4.60. The van der Waals surface area contributed by atoms with Gasteiger partial charge in [-0.25, -0.2) is 0 Å². The molecule has 112 valence electrons. The fourth-order valence-electron chi connectivity index (χ4n) is 3.50. The minimum Gasteiger partial charge on any atom is -0.344 e. The molecule has 3 heteroatoms. The van der Waals surface area contributed by atoms with Crippen molar-refractivity contribution in [3.8, 4) is 0 Å². The fourth-order valence-corrected chi connectivity index (χ4v) is 3.50. The lowest BCUT2D eigenvalue weighted by Crippen LogP contribution is -2.67. The highest BCUT2D eigenvalue weighted by atomic mass is 16.1. The molecule has 2 bridgehead atoms. The van der Waals surface area contributed by atoms with Gasteiger partial charge in [0.2, 0.25) is 5.91 Å². The second-order valence-electron chi connectivity index (χ2n) is 5.71. The van der Waals surface area contributed by atoms with Crippen molar-refractivity contribution in [3.05, 3.63) is 12.7 Å². The molecule has 0 unspecified atom stereocenters. The number of piperidine rings is 3. The zero-order valence-corrected chi connectivity index (χ0v) is 11.0. The van der Waals surface area contributed by atoms with E-state index < -0.39 is 0 Å². The molecule has 3 heterocycles. The second-order valence-corrected chi connectivity index (χ2v) is 5.71. The molecule has 3 aliphatic rings. The van der Waals surface area contributed by atoms with Gasteiger partial charge in [-0.15, -0.1) is 0 Å². The maximum absolute atomic E-state index is 11.4. The summed E-state index contributed by atoms with van der Waals surface area (Å²) >= 11 is 0. The van der Waals surface area contributed by atoms with Crippen molar-refractivity contribution in [2.24, 2.45) is 5.92 Å². The van der Waals surface area contributed by atoms with Gasteiger partial charge in [0, 0.05) is 12.8 Å². The van der Waals surface area contributed by atoms with E-state index in [-0.39, 0.29) is 20.8 Å². The first-order valence-corrected chi connectivity index (χ1v) is 6.97. The van der Waals surface area contributed by atoms with Crippen molar-refractivity contribution in [3.63, 3.8) is 0 Å². The van der Waals surface area contributed by atoms with Crippen LogP contribution in [-0.2, 0) is 4.79 Å². The van der Waals surface area contributed by atoms with Gasteiger partial charge in [-0.05, 0) is 18.4 Å². The average Bonchev–Trinajstić information content (AvgIpc) is 2.37. The molecule has 0 spiro atoms. The van der Waals surface area contributed by atoms with Crippen LogP contribution in [0.3, 0.4) is 0 Å². The van der Waals surface area contributed by atoms with E-state index in [1.165, 1.54) is 55.9 Å². The highest BCUT2D eigenvalue weighted by molar-refractivity contribution is 5.87. The number of nitrogens with one attached hydrogen (secondary N) is 1. The predicted octanol–water partition coefficient (Wildman–Crippen LogP) is 2.97. The molecule has 1 atom stereocenters. The van der Waals surface area contributed by atoms with Crippen LogP contribution < -0.4 is 5.32 Å². The van der Waals surface area contributed by atoms with Gasteiger partial charge in [-0.3, -0.25) is 4.79 Å². The van der Waals surface area contributed by atoms with E-state index in [0.717, 1.165) is 6.54 Å². The molecule has 3 saturated heterocycles. The van der Waals surface area contributed by atoms with E-state index in [2.05, 4.69) is 18.8 Å². The van der Waals surface area contributed by atoms with E-state index in [9.17, 15) is 4.79 Å². The van der Waals surface area contributed by atoms with Gasteiger partial charge in [0.05, 0.1) is 32.2 Å². The molecule has 1 N–H and O–H groups in total. The summed E-state index contributed by atoms with van der Waals surface area (Å²) in [4.78, 5) is 11.4. The summed E-state index contributed by atoms with van der Waals surface area (Å²) in [6, 6.07) is 0.389. The number of unbranched alkanes of at least 4 members (excludes halogenated alkanes) is 1. The Labute approximate surface area is 119 Å². The Bertz CT molecular complexity index is 293. The third kappa shape index (κ3) is 4.07. The largest absolute Gasteiger partial charge is 0.344 e. The lowest BCUT2D eigenvalue weighted by molar-refractivity contribution is -0.944. The van der Waals surface area contributed by atoms with Crippen LogP contribution in [0.25, 0.3) is 0 Å². The minimum atomic E-state index is -0.00242. The van der Waals surface area contributed by atoms with E-state index in [1.54, 1.807) is 0 Å². The molecule has 3 aliphatic heterocycles. The zero-order chi connectivity index (χ0) is 12.3. The van der Waals surface area contributed by atoms with Crippen LogP contribution in [-0.4, -0.2) is 42.6 Å². The summed E-state index contributed by atoms with van der Waals surface area (Å²) in [5, 5.41) is 3.13. The Hall–Kier alpha value is -0.830. The van der Waals surface area contributed by atoms with Gasteiger partial charge >= 0.3 is 0 Å². The fraction of sp³-hybridized carbons (Fsp3) is 0.812. The number of quaternary nitrogens is 1. The molecule has 3 rings (SSSR count). The van der Waals surface area contributed by atoms with Crippen molar-refractivity contribution in [2.45, 2.75) is 53.5 Å². The number of hydrogen-bond donors (Lipinski definition) is 1. The predicted molar refractivity (Wildman–Crippen MR) is 83.0 cm³/mol. The van der Waals surface area contributed by atoms with Gasteiger partial charge < -0.3 is 9.80 Å². The number of carbonyl (C=O) groups excluding carboxylic acids is 1. The van der Waals surface area contributed by atoms with Gasteiger partial charge in [-0.1, -0.05) is 34.8 Å². The first kappa shape index (κ1) is 18.2. The third-order valence-electron chi connectivity index (χ3n) is 4.60. The van der Waals surface area contributed by atoms with Crippen molar-refractivity contribution < 1.29 is 9.28 Å². The molecule has 0 aliphatic carbocycles. The smallest absolute Gasteiger partial charge is 0.243 e. The molecule has 0 saturated carbocycles. The number of fused-ring (bicyclic) bond motifs is 3. The van der Waals surface area contributed by atoms with Gasteiger partial charge in [0.25, 0.3) is 0 Å². The summed E-state index contributed by atoms with van der Waals surface area (Å²) in [6.45, 7) is 10.9. The summed E-state index contributed by atoms with van der Waals surface area (Å²) in [7, 11) is 0. The summed E-state index contributed by atoms with van der Waals surface area (Å²) < 4.78 is 1.24. The van der Waals surface area contributed by atoms with Crippen LogP contribution in [0.15, 0.2) is 12.7 Å². The van der Waals surface area contributed by atoms with E-state index in [1.807, 2.05) is 0 Å². The Morgan fingerprint density at radius 1 is 1.37 bits per heavy atom. The topological polar surface area (TPSA) is 29.1 Å². The lowest BCUT2D eigenvalue weighted by atomic mass is 9.81. The Morgan fingerprint density at radius 2 is 2.00 bits per heavy atom. The molecule has 1 amide bonds. The van der Waals surface area contributed by atoms with Crippen LogP contribution in [0.1, 0.15) is 47.5 Å². The van der Waals surface area contributed by atoms with Crippen molar-refractivity contribution in [1.29, 1.82) is 0 Å². The van der Waals surface area contributed by atoms with Gasteiger partial charge in [0.15, 0.2) is 0 Å². The Balaban J connectivity index is 0.00000162. The Morgan fingerprint density at radius 3 is 2.53 bits per heavy atom. The van der Waals surface area contributed by atoms with Crippen LogP contribution in [0.2, 0.25) is 0 Å². The van der Waals surface area contributed by atoms with Crippen LogP contribution in [0, 0.1) is 5.92 Å². The van der Waals surface area contributed by atoms with Gasteiger partial charge in [-0.2, -0.15) is 0 Å². The standard InChI is InChI=1S/C14H24N2O.2CH4/c1-3-5-8-16-9-6-12(7-10-16)13(11-16)15-14(17)4-2;;/h4,12-13H,2-3,5-11H2,1H3;2*1H4/p+1/t12?,13-,16?;;/m0../s1. The minimum absolute atomic E-state index is 0. The quantitative estimate of drug-likeness (QED) is 0.603. The summed E-state index contributed by atoms with van der Waals surface area (Å²) in [5.74, 6) is 0.706. The maximum Gasteiger partial charge on any atom is 0.243 e. The normalized spacial score (nSPS) is 31.8. The monoisotopic (exact) mass is 269 g/mol. The average molecular weight is 269 g/mol. The molecular weight excluding hydrogens is 236 g/mol. The van der Waals surface area contributed by atoms with E-state index >= 15 is 0 Å². The highest BCUT2D eigenvalue weighted by Gasteiger charge is 2.45. The lowest BCUT2D eigenvalue weighted by Gasteiger charge is -2.52. The number of amides is 1. The first-order valence-electron chi connectivity index (χ1n) is 6.97.